The van der Waals surface area contributed by atoms with E-state index in [0.717, 1.165) is 19.4 Å². The fraction of sp³-hybridized carbons (Fsp3) is 0.909. The van der Waals surface area contributed by atoms with Crippen LogP contribution in [-0.2, 0) is 4.79 Å². The summed E-state index contributed by atoms with van der Waals surface area (Å²) in [5.41, 5.74) is 0. The molecule has 82 valence electrons. The van der Waals surface area contributed by atoms with Gasteiger partial charge in [0.05, 0.1) is 0 Å². The molecule has 0 spiro atoms. The second-order valence-corrected chi connectivity index (χ2v) is 4.58. The van der Waals surface area contributed by atoms with Crippen LogP contribution in [0.5, 0.6) is 0 Å². The van der Waals surface area contributed by atoms with Crippen LogP contribution in [-0.4, -0.2) is 23.7 Å². The molecule has 0 aliphatic carbocycles. The highest BCUT2D eigenvalue weighted by Crippen LogP contribution is 2.24. The second kappa shape index (κ2) is 5.35. The van der Waals surface area contributed by atoms with Crippen molar-refractivity contribution in [1.29, 1.82) is 0 Å². The van der Waals surface area contributed by atoms with E-state index in [1.165, 1.54) is 6.42 Å². The molecule has 1 heterocycles. The summed E-state index contributed by atoms with van der Waals surface area (Å²) in [6.45, 7) is 5.37. The maximum absolute atomic E-state index is 10.7. The smallest absolute Gasteiger partial charge is 0.303 e. The molecule has 0 radical (unpaired) electrons. The lowest BCUT2D eigenvalue weighted by molar-refractivity contribution is -0.138. The van der Waals surface area contributed by atoms with Gasteiger partial charge in [0.15, 0.2) is 0 Å². The van der Waals surface area contributed by atoms with E-state index in [1.807, 2.05) is 0 Å². The predicted octanol–water partition coefficient (Wildman–Crippen LogP) is 1.88. The molecule has 0 aromatic carbocycles. The number of rotatable bonds is 3. The van der Waals surface area contributed by atoms with Crippen molar-refractivity contribution in [2.24, 2.45) is 11.8 Å². The number of carboxylic acid groups (broad SMARTS) is 1. The molecule has 3 nitrogen and oxygen atoms in total. The van der Waals surface area contributed by atoms with Gasteiger partial charge in [0.25, 0.3) is 0 Å². The minimum atomic E-state index is -0.663. The van der Waals surface area contributed by atoms with Gasteiger partial charge in [0.1, 0.15) is 0 Å². The molecule has 0 saturated carbocycles. The maximum atomic E-state index is 10.7. The summed E-state index contributed by atoms with van der Waals surface area (Å²) in [5, 5.41) is 12.3. The van der Waals surface area contributed by atoms with E-state index < -0.39 is 5.97 Å². The summed E-state index contributed by atoms with van der Waals surface area (Å²) in [5.74, 6) is 0.178. The van der Waals surface area contributed by atoms with Gasteiger partial charge in [-0.25, -0.2) is 0 Å². The highest BCUT2D eigenvalue weighted by molar-refractivity contribution is 5.67. The van der Waals surface area contributed by atoms with Crippen LogP contribution in [0.25, 0.3) is 0 Å². The molecule has 0 amide bonds. The molecule has 1 rings (SSSR count). The zero-order valence-electron chi connectivity index (χ0n) is 9.12. The summed E-state index contributed by atoms with van der Waals surface area (Å²) in [6, 6.07) is 0.383. The first-order chi connectivity index (χ1) is 6.61. The van der Waals surface area contributed by atoms with Crippen LogP contribution in [0.2, 0.25) is 0 Å². The molecule has 2 atom stereocenters. The fourth-order valence-electron chi connectivity index (χ4n) is 2.38. The van der Waals surface area contributed by atoms with E-state index in [9.17, 15) is 4.79 Å². The number of carbonyl (C=O) groups is 1. The van der Waals surface area contributed by atoms with Gasteiger partial charge in [0.2, 0.25) is 0 Å². The number of nitrogens with one attached hydrogen (secondary N) is 1. The highest BCUT2D eigenvalue weighted by Gasteiger charge is 2.27. The molecule has 1 saturated heterocycles. The minimum absolute atomic E-state index is 0.315. The Morgan fingerprint density at radius 3 is 2.79 bits per heavy atom. The summed E-state index contributed by atoms with van der Waals surface area (Å²) >= 11 is 0. The van der Waals surface area contributed by atoms with Crippen molar-refractivity contribution in [1.82, 2.24) is 5.32 Å². The van der Waals surface area contributed by atoms with Gasteiger partial charge >= 0.3 is 5.97 Å². The van der Waals surface area contributed by atoms with E-state index >= 15 is 0 Å². The van der Waals surface area contributed by atoms with Crippen molar-refractivity contribution in [2.75, 3.05) is 6.54 Å². The lowest BCUT2D eigenvalue weighted by Gasteiger charge is -2.28. The van der Waals surface area contributed by atoms with Gasteiger partial charge < -0.3 is 10.4 Å². The Labute approximate surface area is 85.9 Å². The van der Waals surface area contributed by atoms with E-state index in [4.69, 9.17) is 5.11 Å². The van der Waals surface area contributed by atoms with Crippen molar-refractivity contribution in [3.05, 3.63) is 0 Å². The standard InChI is InChI=1S/C11H21NO2/c1-8(2)11-9(7-10(13)14)5-3-4-6-12-11/h8-9,11-12H,3-7H2,1-2H3,(H,13,14)/t9-,11-/m1/s1. The van der Waals surface area contributed by atoms with Gasteiger partial charge in [-0.2, -0.15) is 0 Å². The van der Waals surface area contributed by atoms with Gasteiger partial charge in [0, 0.05) is 12.5 Å². The predicted molar refractivity (Wildman–Crippen MR) is 56.2 cm³/mol. The molecule has 3 heteroatoms. The van der Waals surface area contributed by atoms with Crippen LogP contribution in [0.15, 0.2) is 0 Å². The first-order valence-corrected chi connectivity index (χ1v) is 5.56. The van der Waals surface area contributed by atoms with Crippen molar-refractivity contribution >= 4 is 5.97 Å². The van der Waals surface area contributed by atoms with Gasteiger partial charge in [-0.1, -0.05) is 20.3 Å². The average Bonchev–Trinajstić information content (AvgIpc) is 2.28. The highest BCUT2D eigenvalue weighted by atomic mass is 16.4. The Morgan fingerprint density at radius 1 is 1.50 bits per heavy atom. The number of aliphatic carboxylic acids is 1. The maximum Gasteiger partial charge on any atom is 0.303 e. The van der Waals surface area contributed by atoms with Crippen LogP contribution in [0.1, 0.15) is 39.5 Å². The summed E-state index contributed by atoms with van der Waals surface area (Å²) in [4.78, 5) is 10.7. The number of hydrogen-bond donors (Lipinski definition) is 2. The Bertz CT molecular complexity index is 192. The Kier molecular flexibility index (Phi) is 4.39. The lowest BCUT2D eigenvalue weighted by Crippen LogP contribution is -2.40. The monoisotopic (exact) mass is 199 g/mol. The largest absolute Gasteiger partial charge is 0.481 e. The van der Waals surface area contributed by atoms with Crippen molar-refractivity contribution in [3.8, 4) is 0 Å². The summed E-state index contributed by atoms with van der Waals surface area (Å²) < 4.78 is 0. The van der Waals surface area contributed by atoms with Crippen LogP contribution in [0.4, 0.5) is 0 Å². The second-order valence-electron chi connectivity index (χ2n) is 4.58. The zero-order chi connectivity index (χ0) is 10.6. The molecular weight excluding hydrogens is 178 g/mol. The molecule has 1 aliphatic heterocycles. The molecule has 0 unspecified atom stereocenters. The van der Waals surface area contributed by atoms with Crippen LogP contribution < -0.4 is 5.32 Å². The number of hydrogen-bond acceptors (Lipinski definition) is 2. The topological polar surface area (TPSA) is 49.3 Å². The molecule has 0 aromatic heterocycles. The molecule has 14 heavy (non-hydrogen) atoms. The molecule has 0 aromatic rings. The Hall–Kier alpha value is -0.570. The lowest BCUT2D eigenvalue weighted by atomic mass is 9.85. The zero-order valence-corrected chi connectivity index (χ0v) is 9.12. The quantitative estimate of drug-likeness (QED) is 0.729. The Morgan fingerprint density at radius 2 is 2.21 bits per heavy atom. The van der Waals surface area contributed by atoms with E-state index in [1.54, 1.807) is 0 Å². The molecule has 0 bridgehead atoms. The number of carboxylic acids is 1. The SMILES string of the molecule is CC(C)[C@H]1NCCCC[C@@H]1CC(=O)O. The summed E-state index contributed by atoms with van der Waals surface area (Å²) in [7, 11) is 0. The molecule has 1 aliphatic rings. The first-order valence-electron chi connectivity index (χ1n) is 5.56. The fourth-order valence-corrected chi connectivity index (χ4v) is 2.38. The van der Waals surface area contributed by atoms with E-state index in [-0.39, 0.29) is 0 Å². The minimum Gasteiger partial charge on any atom is -0.481 e. The van der Waals surface area contributed by atoms with Crippen LogP contribution >= 0.6 is 0 Å². The van der Waals surface area contributed by atoms with Gasteiger partial charge in [-0.15, -0.1) is 0 Å². The summed E-state index contributed by atoms with van der Waals surface area (Å²) in [6.07, 6.45) is 3.71. The third-order valence-corrected chi connectivity index (χ3v) is 3.04. The average molecular weight is 199 g/mol. The third-order valence-electron chi connectivity index (χ3n) is 3.04. The van der Waals surface area contributed by atoms with E-state index in [2.05, 4.69) is 19.2 Å². The van der Waals surface area contributed by atoms with Crippen molar-refractivity contribution < 1.29 is 9.90 Å². The molecular formula is C11H21NO2. The molecule has 2 N–H and O–H groups in total. The first kappa shape index (κ1) is 11.5. The Balaban J connectivity index is 2.58. The van der Waals surface area contributed by atoms with Crippen LogP contribution in [0, 0.1) is 11.8 Å². The normalized spacial score (nSPS) is 28.8. The van der Waals surface area contributed by atoms with E-state index in [0.29, 0.717) is 24.3 Å². The van der Waals surface area contributed by atoms with Gasteiger partial charge in [-0.3, -0.25) is 4.79 Å². The third kappa shape index (κ3) is 3.29. The molecule has 1 fully saturated rings. The van der Waals surface area contributed by atoms with Crippen molar-refractivity contribution in [2.45, 2.75) is 45.6 Å². The van der Waals surface area contributed by atoms with Crippen LogP contribution in [0.3, 0.4) is 0 Å². The van der Waals surface area contributed by atoms with Crippen molar-refractivity contribution in [3.63, 3.8) is 0 Å². The van der Waals surface area contributed by atoms with Gasteiger partial charge in [-0.05, 0) is 31.2 Å².